The third kappa shape index (κ3) is 5.44. The molecule has 0 aromatic heterocycles. The van der Waals surface area contributed by atoms with Crippen LogP contribution in [0.5, 0.6) is 0 Å². The van der Waals surface area contributed by atoms with Crippen molar-refractivity contribution in [2.45, 2.75) is 25.9 Å². The van der Waals surface area contributed by atoms with Gasteiger partial charge in [0.1, 0.15) is 0 Å². The van der Waals surface area contributed by atoms with E-state index in [1.165, 1.54) is 22.7 Å². The molecule has 6 nitrogen and oxygen atoms in total. The Morgan fingerprint density at radius 2 is 1.34 bits per heavy atom. The zero-order valence-electron chi connectivity index (χ0n) is 17.1. The molecule has 156 valence electrons. The number of piperidine rings is 1. The van der Waals surface area contributed by atoms with E-state index in [-0.39, 0.29) is 11.8 Å². The Morgan fingerprint density at radius 1 is 0.897 bits per heavy atom. The monoisotopic (exact) mass is 415 g/mol. The second-order valence-electron chi connectivity index (χ2n) is 7.63. The summed E-state index contributed by atoms with van der Waals surface area (Å²) in [6, 6.07) is 19.9. The Morgan fingerprint density at radius 3 is 1.76 bits per heavy atom. The van der Waals surface area contributed by atoms with Crippen molar-refractivity contribution in [1.82, 2.24) is 13.5 Å². The Hall–Kier alpha value is -2.22. The van der Waals surface area contributed by atoms with Crippen LogP contribution in [0.1, 0.15) is 24.0 Å². The number of carbonyl (C=O) groups excluding carboxylic acids is 1. The minimum Gasteiger partial charge on any atom is -0.334 e. The van der Waals surface area contributed by atoms with Crippen LogP contribution in [0.2, 0.25) is 0 Å². The molecule has 0 unspecified atom stereocenters. The second-order valence-corrected chi connectivity index (χ2v) is 9.77. The summed E-state index contributed by atoms with van der Waals surface area (Å²) in [6.45, 7) is 1.85. The number of hydrogen-bond acceptors (Lipinski definition) is 3. The van der Waals surface area contributed by atoms with Crippen molar-refractivity contribution in [3.05, 3.63) is 71.8 Å². The average molecular weight is 416 g/mol. The van der Waals surface area contributed by atoms with Crippen LogP contribution in [-0.2, 0) is 28.1 Å². The summed E-state index contributed by atoms with van der Waals surface area (Å²) in [5, 5.41) is 0. The van der Waals surface area contributed by atoms with Crippen molar-refractivity contribution < 1.29 is 13.2 Å². The lowest BCUT2D eigenvalue weighted by atomic mass is 9.96. The van der Waals surface area contributed by atoms with Gasteiger partial charge in [0.25, 0.3) is 10.2 Å². The highest BCUT2D eigenvalue weighted by Gasteiger charge is 2.34. The molecule has 1 heterocycles. The first-order valence-corrected chi connectivity index (χ1v) is 11.3. The first-order chi connectivity index (χ1) is 13.9. The molecule has 0 saturated carbocycles. The molecule has 1 amide bonds. The smallest absolute Gasteiger partial charge is 0.281 e. The molecule has 0 aliphatic carbocycles. The van der Waals surface area contributed by atoms with Crippen LogP contribution in [0, 0.1) is 5.92 Å². The minimum atomic E-state index is -3.42. The third-order valence-electron chi connectivity index (χ3n) is 5.34. The molecule has 1 fully saturated rings. The van der Waals surface area contributed by atoms with Crippen LogP contribution in [0.4, 0.5) is 0 Å². The van der Waals surface area contributed by atoms with E-state index < -0.39 is 10.2 Å². The van der Waals surface area contributed by atoms with E-state index in [4.69, 9.17) is 0 Å². The van der Waals surface area contributed by atoms with Gasteiger partial charge >= 0.3 is 0 Å². The summed E-state index contributed by atoms with van der Waals surface area (Å²) in [5.74, 6) is -0.0596. The Bertz CT molecular complexity index is 852. The van der Waals surface area contributed by atoms with E-state index in [9.17, 15) is 13.2 Å². The SMILES string of the molecule is CN(C)S(=O)(=O)N1CCC(C(=O)N(Cc2ccccc2)Cc2ccccc2)CC1. The van der Waals surface area contributed by atoms with Crippen molar-refractivity contribution in [3.8, 4) is 0 Å². The zero-order valence-corrected chi connectivity index (χ0v) is 17.9. The van der Waals surface area contributed by atoms with Crippen molar-refractivity contribution in [2.75, 3.05) is 27.2 Å². The molecule has 7 heteroatoms. The van der Waals surface area contributed by atoms with Gasteiger partial charge in [-0.2, -0.15) is 17.0 Å². The Labute approximate surface area is 173 Å². The number of rotatable bonds is 7. The quantitative estimate of drug-likeness (QED) is 0.699. The molecule has 1 aliphatic heterocycles. The van der Waals surface area contributed by atoms with Gasteiger partial charge in [0, 0.05) is 46.2 Å². The highest BCUT2D eigenvalue weighted by atomic mass is 32.2. The Kier molecular flexibility index (Phi) is 7.05. The summed E-state index contributed by atoms with van der Waals surface area (Å²) < 4.78 is 27.4. The van der Waals surface area contributed by atoms with Gasteiger partial charge in [0.2, 0.25) is 5.91 Å². The lowest BCUT2D eigenvalue weighted by Crippen LogP contribution is -2.47. The minimum absolute atomic E-state index is 0.0969. The van der Waals surface area contributed by atoms with Gasteiger partial charge in [0.15, 0.2) is 0 Å². The fraction of sp³-hybridized carbons (Fsp3) is 0.409. The molecule has 0 spiro atoms. The highest BCUT2D eigenvalue weighted by Crippen LogP contribution is 2.24. The standard InChI is InChI=1S/C22H29N3O3S/c1-23(2)29(27,28)25-15-13-21(14-16-25)22(26)24(17-19-9-5-3-6-10-19)18-20-11-7-4-8-12-20/h3-12,21H,13-18H2,1-2H3. The van der Waals surface area contributed by atoms with Crippen LogP contribution < -0.4 is 0 Å². The molecule has 2 aromatic rings. The van der Waals surface area contributed by atoms with E-state index in [0.29, 0.717) is 39.0 Å². The molecular formula is C22H29N3O3S. The molecule has 0 atom stereocenters. The van der Waals surface area contributed by atoms with Crippen molar-refractivity contribution in [2.24, 2.45) is 5.92 Å². The maximum absolute atomic E-state index is 13.3. The van der Waals surface area contributed by atoms with Crippen LogP contribution in [0.3, 0.4) is 0 Å². The summed E-state index contributed by atoms with van der Waals surface area (Å²) in [7, 11) is -0.353. The van der Waals surface area contributed by atoms with Crippen LogP contribution in [0.15, 0.2) is 60.7 Å². The van der Waals surface area contributed by atoms with Crippen LogP contribution in [0.25, 0.3) is 0 Å². The molecule has 0 bridgehead atoms. The summed E-state index contributed by atoms with van der Waals surface area (Å²) >= 11 is 0. The number of nitrogens with zero attached hydrogens (tertiary/aromatic N) is 3. The predicted octanol–water partition coefficient (Wildman–Crippen LogP) is 2.73. The molecule has 1 aliphatic rings. The lowest BCUT2D eigenvalue weighted by molar-refractivity contribution is -0.138. The van der Waals surface area contributed by atoms with E-state index in [1.807, 2.05) is 65.6 Å². The lowest BCUT2D eigenvalue weighted by Gasteiger charge is -2.34. The Balaban J connectivity index is 1.71. The van der Waals surface area contributed by atoms with Gasteiger partial charge < -0.3 is 4.90 Å². The van der Waals surface area contributed by atoms with Gasteiger partial charge in [-0.3, -0.25) is 4.79 Å². The molecule has 29 heavy (non-hydrogen) atoms. The van der Waals surface area contributed by atoms with E-state index in [1.54, 1.807) is 0 Å². The van der Waals surface area contributed by atoms with Gasteiger partial charge in [-0.15, -0.1) is 0 Å². The van der Waals surface area contributed by atoms with Crippen LogP contribution >= 0.6 is 0 Å². The van der Waals surface area contributed by atoms with Gasteiger partial charge in [-0.05, 0) is 24.0 Å². The van der Waals surface area contributed by atoms with Crippen LogP contribution in [-0.4, -0.2) is 55.0 Å². The predicted molar refractivity (Wildman–Crippen MR) is 114 cm³/mol. The summed E-state index contributed by atoms with van der Waals surface area (Å²) in [5.41, 5.74) is 2.17. The number of carbonyl (C=O) groups is 1. The van der Waals surface area contributed by atoms with Crippen molar-refractivity contribution in [1.29, 1.82) is 0 Å². The first-order valence-electron chi connectivity index (χ1n) is 9.92. The van der Waals surface area contributed by atoms with E-state index >= 15 is 0 Å². The molecule has 2 aromatic carbocycles. The first kappa shape index (κ1) is 21.5. The average Bonchev–Trinajstić information content (AvgIpc) is 2.74. The van der Waals surface area contributed by atoms with Gasteiger partial charge in [-0.25, -0.2) is 0 Å². The number of hydrogen-bond donors (Lipinski definition) is 0. The molecule has 0 radical (unpaired) electrons. The molecule has 0 N–H and O–H groups in total. The fourth-order valence-corrected chi connectivity index (χ4v) is 4.78. The topological polar surface area (TPSA) is 60.9 Å². The fourth-order valence-electron chi connectivity index (χ4n) is 3.64. The molecule has 1 saturated heterocycles. The second kappa shape index (κ2) is 9.52. The normalized spacial score (nSPS) is 16.1. The number of benzene rings is 2. The maximum Gasteiger partial charge on any atom is 0.281 e. The molecule has 3 rings (SSSR count). The molecular weight excluding hydrogens is 386 g/mol. The zero-order chi connectivity index (χ0) is 20.9. The summed E-state index contributed by atoms with van der Waals surface area (Å²) in [4.78, 5) is 15.2. The highest BCUT2D eigenvalue weighted by molar-refractivity contribution is 7.86. The van der Waals surface area contributed by atoms with E-state index in [0.717, 1.165) is 11.1 Å². The largest absolute Gasteiger partial charge is 0.334 e. The third-order valence-corrected chi connectivity index (χ3v) is 7.28. The van der Waals surface area contributed by atoms with Crippen molar-refractivity contribution in [3.63, 3.8) is 0 Å². The van der Waals surface area contributed by atoms with Gasteiger partial charge in [-0.1, -0.05) is 60.7 Å². The maximum atomic E-state index is 13.3. The van der Waals surface area contributed by atoms with Crippen molar-refractivity contribution >= 4 is 16.1 Å². The van der Waals surface area contributed by atoms with E-state index in [2.05, 4.69) is 0 Å². The summed E-state index contributed by atoms with van der Waals surface area (Å²) in [6.07, 6.45) is 1.10. The number of amides is 1. The van der Waals surface area contributed by atoms with Gasteiger partial charge in [0.05, 0.1) is 0 Å².